The van der Waals surface area contributed by atoms with Crippen molar-refractivity contribution in [3.05, 3.63) is 12.4 Å². The van der Waals surface area contributed by atoms with Crippen molar-refractivity contribution < 1.29 is 4.79 Å². The molecule has 0 atom stereocenters. The monoisotopic (exact) mass is 180 g/mol. The quantitative estimate of drug-likeness (QED) is 0.648. The number of H-pyrrole nitrogens is 1. The number of hydrogen-bond donors (Lipinski definition) is 3. The van der Waals surface area contributed by atoms with Crippen molar-refractivity contribution in [3.63, 3.8) is 0 Å². The Morgan fingerprint density at radius 1 is 1.69 bits per heavy atom. The SMILES string of the molecule is O=C(NCC1CC1)Nc1cn[nH]c1. The normalized spacial score (nSPS) is 15.4. The summed E-state index contributed by atoms with van der Waals surface area (Å²) in [4.78, 5) is 11.2. The van der Waals surface area contributed by atoms with Crippen LogP contribution in [0.15, 0.2) is 12.4 Å². The minimum absolute atomic E-state index is 0.159. The van der Waals surface area contributed by atoms with E-state index in [1.165, 1.54) is 12.8 Å². The number of carbonyl (C=O) groups excluding carboxylic acids is 1. The van der Waals surface area contributed by atoms with Gasteiger partial charge in [-0.3, -0.25) is 5.10 Å². The van der Waals surface area contributed by atoms with Crippen molar-refractivity contribution in [3.8, 4) is 0 Å². The van der Waals surface area contributed by atoms with Crippen molar-refractivity contribution in [1.82, 2.24) is 15.5 Å². The van der Waals surface area contributed by atoms with Crippen LogP contribution in [0.1, 0.15) is 12.8 Å². The smallest absolute Gasteiger partial charge is 0.319 e. The zero-order valence-corrected chi connectivity index (χ0v) is 7.21. The number of anilines is 1. The molecule has 70 valence electrons. The first kappa shape index (κ1) is 8.10. The number of aromatic nitrogens is 2. The second-order valence-electron chi connectivity index (χ2n) is 3.27. The number of urea groups is 1. The van der Waals surface area contributed by atoms with Crippen LogP contribution in [-0.4, -0.2) is 22.8 Å². The number of aromatic amines is 1. The molecule has 2 amide bonds. The Bertz CT molecular complexity index is 278. The van der Waals surface area contributed by atoms with Gasteiger partial charge in [0.05, 0.1) is 11.9 Å². The molecule has 2 rings (SSSR count). The number of rotatable bonds is 3. The van der Waals surface area contributed by atoms with Crippen LogP contribution >= 0.6 is 0 Å². The number of nitrogens with one attached hydrogen (secondary N) is 3. The third kappa shape index (κ3) is 2.47. The van der Waals surface area contributed by atoms with Crippen LogP contribution in [0.25, 0.3) is 0 Å². The Morgan fingerprint density at radius 3 is 3.15 bits per heavy atom. The van der Waals surface area contributed by atoms with E-state index in [-0.39, 0.29) is 6.03 Å². The van der Waals surface area contributed by atoms with Gasteiger partial charge >= 0.3 is 6.03 Å². The highest BCUT2D eigenvalue weighted by Crippen LogP contribution is 2.27. The maximum atomic E-state index is 11.2. The maximum Gasteiger partial charge on any atom is 0.319 e. The molecule has 1 aliphatic carbocycles. The summed E-state index contributed by atoms with van der Waals surface area (Å²) in [7, 11) is 0. The number of hydrogen-bond acceptors (Lipinski definition) is 2. The van der Waals surface area contributed by atoms with Crippen LogP contribution in [0, 0.1) is 5.92 Å². The molecule has 1 aromatic rings. The molecule has 1 fully saturated rings. The van der Waals surface area contributed by atoms with Gasteiger partial charge in [0, 0.05) is 12.7 Å². The van der Waals surface area contributed by atoms with Gasteiger partial charge in [-0.05, 0) is 18.8 Å². The number of amides is 2. The van der Waals surface area contributed by atoms with E-state index in [0.29, 0.717) is 11.6 Å². The molecule has 0 aliphatic heterocycles. The van der Waals surface area contributed by atoms with Crippen molar-refractivity contribution in [2.24, 2.45) is 5.92 Å². The number of nitrogens with zero attached hydrogens (tertiary/aromatic N) is 1. The van der Waals surface area contributed by atoms with Crippen molar-refractivity contribution in [2.45, 2.75) is 12.8 Å². The predicted octanol–water partition coefficient (Wildman–Crippen LogP) is 0.941. The van der Waals surface area contributed by atoms with Crippen LogP contribution in [-0.2, 0) is 0 Å². The van der Waals surface area contributed by atoms with Gasteiger partial charge in [0.15, 0.2) is 0 Å². The van der Waals surface area contributed by atoms with E-state index in [4.69, 9.17) is 0 Å². The highest BCUT2D eigenvalue weighted by Gasteiger charge is 2.21. The minimum Gasteiger partial charge on any atom is -0.338 e. The van der Waals surface area contributed by atoms with E-state index < -0.39 is 0 Å². The summed E-state index contributed by atoms with van der Waals surface area (Å²) in [5, 5.41) is 11.8. The van der Waals surface area contributed by atoms with Gasteiger partial charge in [0.2, 0.25) is 0 Å². The third-order valence-electron chi connectivity index (χ3n) is 2.00. The van der Waals surface area contributed by atoms with Crippen LogP contribution in [0.3, 0.4) is 0 Å². The maximum absolute atomic E-state index is 11.2. The first-order chi connectivity index (χ1) is 6.34. The third-order valence-corrected chi connectivity index (χ3v) is 2.00. The molecule has 1 heterocycles. The Balaban J connectivity index is 1.71. The summed E-state index contributed by atoms with van der Waals surface area (Å²) in [6.45, 7) is 0.781. The molecule has 1 aliphatic rings. The molecule has 0 bridgehead atoms. The van der Waals surface area contributed by atoms with Gasteiger partial charge < -0.3 is 10.6 Å². The fourth-order valence-electron chi connectivity index (χ4n) is 1.05. The van der Waals surface area contributed by atoms with Gasteiger partial charge in [0.25, 0.3) is 0 Å². The van der Waals surface area contributed by atoms with Crippen molar-refractivity contribution in [2.75, 3.05) is 11.9 Å². The molecule has 1 saturated carbocycles. The van der Waals surface area contributed by atoms with E-state index >= 15 is 0 Å². The van der Waals surface area contributed by atoms with E-state index in [1.54, 1.807) is 12.4 Å². The lowest BCUT2D eigenvalue weighted by molar-refractivity contribution is 0.251. The molecule has 0 saturated heterocycles. The highest BCUT2D eigenvalue weighted by atomic mass is 16.2. The molecule has 0 radical (unpaired) electrons. The summed E-state index contributed by atoms with van der Waals surface area (Å²) in [5.74, 6) is 0.704. The highest BCUT2D eigenvalue weighted by molar-refractivity contribution is 5.88. The Kier molecular flexibility index (Phi) is 2.16. The summed E-state index contributed by atoms with van der Waals surface area (Å²) in [6.07, 6.45) is 5.69. The molecule has 0 aromatic carbocycles. The van der Waals surface area contributed by atoms with Gasteiger partial charge in [-0.1, -0.05) is 0 Å². The second-order valence-corrected chi connectivity index (χ2v) is 3.27. The predicted molar refractivity (Wildman–Crippen MR) is 48.3 cm³/mol. The molecular formula is C8H12N4O. The summed E-state index contributed by atoms with van der Waals surface area (Å²) < 4.78 is 0. The Hall–Kier alpha value is -1.52. The van der Waals surface area contributed by atoms with Crippen molar-refractivity contribution >= 4 is 11.7 Å². The Labute approximate surface area is 75.9 Å². The molecule has 13 heavy (non-hydrogen) atoms. The van der Waals surface area contributed by atoms with E-state index in [2.05, 4.69) is 20.8 Å². The average Bonchev–Trinajstić information content (AvgIpc) is 2.82. The molecule has 5 nitrogen and oxygen atoms in total. The number of carbonyl (C=O) groups is 1. The van der Waals surface area contributed by atoms with Gasteiger partial charge in [-0.2, -0.15) is 5.10 Å². The fourth-order valence-corrected chi connectivity index (χ4v) is 1.05. The minimum atomic E-state index is -0.159. The largest absolute Gasteiger partial charge is 0.338 e. The second kappa shape index (κ2) is 3.47. The lowest BCUT2D eigenvalue weighted by Gasteiger charge is -2.03. The first-order valence-corrected chi connectivity index (χ1v) is 4.38. The standard InChI is InChI=1S/C8H12N4O/c13-8(9-3-6-1-2-6)12-7-4-10-11-5-7/h4-6H,1-3H2,(H,10,11)(H2,9,12,13). The summed E-state index contributed by atoms with van der Waals surface area (Å²) >= 11 is 0. The molecule has 1 aromatic heterocycles. The lowest BCUT2D eigenvalue weighted by Crippen LogP contribution is -2.30. The lowest BCUT2D eigenvalue weighted by atomic mass is 10.4. The van der Waals surface area contributed by atoms with Gasteiger partial charge in [0.1, 0.15) is 0 Å². The van der Waals surface area contributed by atoms with Gasteiger partial charge in [-0.25, -0.2) is 4.79 Å². The van der Waals surface area contributed by atoms with E-state index in [0.717, 1.165) is 6.54 Å². The van der Waals surface area contributed by atoms with Crippen LogP contribution in [0.4, 0.5) is 10.5 Å². The van der Waals surface area contributed by atoms with E-state index in [9.17, 15) is 4.79 Å². The molecular weight excluding hydrogens is 168 g/mol. The molecule has 0 spiro atoms. The van der Waals surface area contributed by atoms with Crippen LogP contribution in [0.2, 0.25) is 0 Å². The fraction of sp³-hybridized carbons (Fsp3) is 0.500. The van der Waals surface area contributed by atoms with Crippen LogP contribution in [0.5, 0.6) is 0 Å². The zero-order valence-electron chi connectivity index (χ0n) is 7.21. The van der Waals surface area contributed by atoms with Gasteiger partial charge in [-0.15, -0.1) is 0 Å². The topological polar surface area (TPSA) is 69.8 Å². The van der Waals surface area contributed by atoms with Crippen LogP contribution < -0.4 is 10.6 Å². The Morgan fingerprint density at radius 2 is 2.54 bits per heavy atom. The summed E-state index contributed by atoms with van der Waals surface area (Å²) in [5.41, 5.74) is 0.688. The zero-order chi connectivity index (χ0) is 9.10. The van der Waals surface area contributed by atoms with E-state index in [1.807, 2.05) is 0 Å². The van der Waals surface area contributed by atoms with Crippen molar-refractivity contribution in [1.29, 1.82) is 0 Å². The molecule has 0 unspecified atom stereocenters. The summed E-state index contributed by atoms with van der Waals surface area (Å²) in [6, 6.07) is -0.159. The average molecular weight is 180 g/mol. The first-order valence-electron chi connectivity index (χ1n) is 4.38. The molecule has 5 heteroatoms. The molecule has 3 N–H and O–H groups in total.